The first-order valence-corrected chi connectivity index (χ1v) is 12.1. The summed E-state index contributed by atoms with van der Waals surface area (Å²) >= 11 is 0.830. The molecule has 1 aromatic heterocycles. The van der Waals surface area contributed by atoms with Crippen molar-refractivity contribution < 1.29 is 33.4 Å². The molecule has 2 heterocycles. The number of ether oxygens (including phenoxy) is 2. The van der Waals surface area contributed by atoms with Crippen LogP contribution >= 0.6 is 11.3 Å². The lowest BCUT2D eigenvalue weighted by atomic mass is 9.95. The fourth-order valence-electron chi connectivity index (χ4n) is 3.95. The highest BCUT2D eigenvalue weighted by molar-refractivity contribution is 7.17. The number of aryl methyl sites for hydroxylation is 1. The van der Waals surface area contributed by atoms with Crippen molar-refractivity contribution in [3.63, 3.8) is 0 Å². The van der Waals surface area contributed by atoms with Gasteiger partial charge in [-0.2, -0.15) is 0 Å². The molecule has 1 saturated heterocycles. The predicted molar refractivity (Wildman–Crippen MR) is 136 cm³/mol. The highest BCUT2D eigenvalue weighted by Crippen LogP contribution is 2.44. The van der Waals surface area contributed by atoms with Crippen LogP contribution in [-0.2, 0) is 14.3 Å². The zero-order chi connectivity index (χ0) is 26.7. The number of ketones is 1. The third kappa shape index (κ3) is 4.88. The number of carbonyl (C=O) groups is 3. The minimum atomic E-state index is -1.33. The van der Waals surface area contributed by atoms with Crippen LogP contribution in [0.2, 0.25) is 0 Å². The van der Waals surface area contributed by atoms with Crippen LogP contribution < -0.4 is 9.64 Å². The van der Waals surface area contributed by atoms with Gasteiger partial charge >= 0.3 is 11.9 Å². The second kappa shape index (κ2) is 10.8. The Hall–Kier alpha value is -4.31. The summed E-state index contributed by atoms with van der Waals surface area (Å²) in [5.41, 5.74) is 0.155. The van der Waals surface area contributed by atoms with Crippen LogP contribution in [0.25, 0.3) is 5.76 Å². The molecule has 1 N–H and O–H groups in total. The molecule has 0 saturated carbocycles. The van der Waals surface area contributed by atoms with Gasteiger partial charge in [-0.25, -0.2) is 14.2 Å². The Morgan fingerprint density at radius 3 is 2.70 bits per heavy atom. The molecule has 1 fully saturated rings. The van der Waals surface area contributed by atoms with Gasteiger partial charge in [-0.05, 0) is 32.0 Å². The smallest absolute Gasteiger partial charge is 0.350 e. The van der Waals surface area contributed by atoms with Gasteiger partial charge in [0.2, 0.25) is 0 Å². The molecule has 10 heteroatoms. The molecular weight excluding hydrogens is 499 g/mol. The Labute approximate surface area is 216 Å². The number of Topliss-reactive ketones (excluding diaryl/α,β-unsaturated/α-hetero) is 1. The van der Waals surface area contributed by atoms with E-state index in [4.69, 9.17) is 9.47 Å². The van der Waals surface area contributed by atoms with Crippen molar-refractivity contribution in [1.82, 2.24) is 4.98 Å². The number of halogens is 1. The van der Waals surface area contributed by atoms with Crippen molar-refractivity contribution in [2.24, 2.45) is 0 Å². The summed E-state index contributed by atoms with van der Waals surface area (Å²) < 4.78 is 25.6. The maximum atomic E-state index is 15.1. The van der Waals surface area contributed by atoms with Gasteiger partial charge in [0.05, 0.1) is 17.9 Å². The van der Waals surface area contributed by atoms with Crippen LogP contribution in [0.15, 0.2) is 66.8 Å². The molecule has 1 atom stereocenters. The van der Waals surface area contributed by atoms with Gasteiger partial charge in [-0.3, -0.25) is 14.5 Å². The van der Waals surface area contributed by atoms with Crippen LogP contribution in [-0.4, -0.2) is 41.0 Å². The molecule has 3 aromatic rings. The summed E-state index contributed by atoms with van der Waals surface area (Å²) in [4.78, 5) is 44.5. The van der Waals surface area contributed by atoms with Crippen molar-refractivity contribution in [2.75, 3.05) is 18.1 Å². The van der Waals surface area contributed by atoms with E-state index in [2.05, 4.69) is 11.6 Å². The third-order valence-electron chi connectivity index (χ3n) is 5.57. The Morgan fingerprint density at radius 1 is 1.24 bits per heavy atom. The van der Waals surface area contributed by atoms with E-state index >= 15 is 4.39 Å². The van der Waals surface area contributed by atoms with E-state index in [9.17, 15) is 19.5 Å². The van der Waals surface area contributed by atoms with E-state index < -0.39 is 35.3 Å². The average molecular weight is 523 g/mol. The molecule has 2 aromatic carbocycles. The number of thiazole rings is 1. The molecule has 1 aliphatic heterocycles. The Kier molecular flexibility index (Phi) is 7.49. The van der Waals surface area contributed by atoms with E-state index in [-0.39, 0.29) is 39.0 Å². The SMILES string of the molecule is C=CCOC(=O)c1sc(N2C(=O)C(=O)/C(=C(/O)c3cccc(OCC)c3)C2c2ccccc2F)nc1C. The van der Waals surface area contributed by atoms with Crippen molar-refractivity contribution in [3.8, 4) is 5.75 Å². The first-order valence-electron chi connectivity index (χ1n) is 11.3. The van der Waals surface area contributed by atoms with Crippen molar-refractivity contribution in [1.29, 1.82) is 0 Å². The van der Waals surface area contributed by atoms with Gasteiger partial charge in [-0.15, -0.1) is 0 Å². The number of benzene rings is 2. The molecule has 4 rings (SSSR count). The molecule has 0 spiro atoms. The Morgan fingerprint density at radius 2 is 2.00 bits per heavy atom. The quantitative estimate of drug-likeness (QED) is 0.147. The van der Waals surface area contributed by atoms with E-state index in [1.807, 2.05) is 0 Å². The lowest BCUT2D eigenvalue weighted by molar-refractivity contribution is -0.132. The van der Waals surface area contributed by atoms with Crippen molar-refractivity contribution in [3.05, 3.63) is 94.3 Å². The number of aliphatic hydroxyl groups is 1. The minimum Gasteiger partial charge on any atom is -0.507 e. The van der Waals surface area contributed by atoms with Gasteiger partial charge in [0.25, 0.3) is 5.78 Å². The standard InChI is InChI=1S/C27H23FN2O6S/c1-4-13-36-26(34)24-15(3)29-27(37-24)30-21(18-11-6-7-12-19(18)28)20(23(32)25(30)33)22(31)16-9-8-10-17(14-16)35-5-2/h4,6-12,14,21,31H,1,5,13H2,2-3H3/b22-20+. The fraction of sp³-hybridized carbons (Fsp3) is 0.185. The number of nitrogens with zero attached hydrogens (tertiary/aromatic N) is 2. The predicted octanol–water partition coefficient (Wildman–Crippen LogP) is 4.96. The van der Waals surface area contributed by atoms with Crippen LogP contribution in [0.4, 0.5) is 9.52 Å². The summed E-state index contributed by atoms with van der Waals surface area (Å²) in [6, 6.07) is 10.7. The van der Waals surface area contributed by atoms with Gasteiger partial charge in [0.1, 0.15) is 34.9 Å². The molecule has 8 nitrogen and oxygen atoms in total. The maximum absolute atomic E-state index is 15.1. The number of hydrogen-bond acceptors (Lipinski definition) is 8. The van der Waals surface area contributed by atoms with E-state index in [0.717, 1.165) is 16.2 Å². The number of anilines is 1. The van der Waals surface area contributed by atoms with Gasteiger partial charge in [0.15, 0.2) is 5.13 Å². The van der Waals surface area contributed by atoms with Gasteiger partial charge < -0.3 is 14.6 Å². The number of hydrogen-bond donors (Lipinski definition) is 1. The lowest BCUT2D eigenvalue weighted by Crippen LogP contribution is -2.29. The van der Waals surface area contributed by atoms with Crippen molar-refractivity contribution in [2.45, 2.75) is 19.9 Å². The molecule has 37 heavy (non-hydrogen) atoms. The number of esters is 1. The second-order valence-corrected chi connectivity index (χ2v) is 8.93. The summed E-state index contributed by atoms with van der Waals surface area (Å²) in [5.74, 6) is -3.44. The molecule has 190 valence electrons. The van der Waals surface area contributed by atoms with E-state index in [1.54, 1.807) is 38.1 Å². The molecular formula is C27H23FN2O6S. The van der Waals surface area contributed by atoms with E-state index in [0.29, 0.717) is 12.4 Å². The molecule has 1 amide bonds. The molecule has 0 aliphatic carbocycles. The lowest BCUT2D eigenvalue weighted by Gasteiger charge is -2.23. The largest absolute Gasteiger partial charge is 0.507 e. The zero-order valence-electron chi connectivity index (χ0n) is 20.1. The zero-order valence-corrected chi connectivity index (χ0v) is 20.9. The number of aromatic nitrogens is 1. The minimum absolute atomic E-state index is 0.0134. The summed E-state index contributed by atoms with van der Waals surface area (Å²) in [5, 5.41) is 11.2. The first-order chi connectivity index (χ1) is 17.8. The number of carbonyl (C=O) groups excluding carboxylic acids is 3. The normalized spacial score (nSPS) is 16.6. The molecule has 0 radical (unpaired) electrons. The number of rotatable bonds is 8. The summed E-state index contributed by atoms with van der Waals surface area (Å²) in [6.07, 6.45) is 1.41. The van der Waals surface area contributed by atoms with Gasteiger partial charge in [-0.1, -0.05) is 54.3 Å². The molecule has 1 unspecified atom stereocenters. The highest BCUT2D eigenvalue weighted by atomic mass is 32.1. The van der Waals surface area contributed by atoms with Gasteiger partial charge in [0, 0.05) is 11.1 Å². The van der Waals surface area contributed by atoms with Crippen LogP contribution in [0.1, 0.15) is 39.5 Å². The molecule has 0 bridgehead atoms. The Bertz CT molecular complexity index is 1430. The monoisotopic (exact) mass is 522 g/mol. The molecule has 1 aliphatic rings. The fourth-order valence-corrected chi connectivity index (χ4v) is 4.94. The second-order valence-electron chi connectivity index (χ2n) is 7.95. The summed E-state index contributed by atoms with van der Waals surface area (Å²) in [7, 11) is 0. The number of aliphatic hydroxyl groups excluding tert-OH is 1. The van der Waals surface area contributed by atoms with Crippen LogP contribution in [0.5, 0.6) is 5.75 Å². The maximum Gasteiger partial charge on any atom is 0.350 e. The van der Waals surface area contributed by atoms with Crippen LogP contribution in [0.3, 0.4) is 0 Å². The average Bonchev–Trinajstić information content (AvgIpc) is 3.39. The number of amides is 1. The summed E-state index contributed by atoms with van der Waals surface area (Å²) in [6.45, 7) is 7.21. The topological polar surface area (TPSA) is 106 Å². The van der Waals surface area contributed by atoms with Crippen molar-refractivity contribution >= 4 is 39.9 Å². The van der Waals surface area contributed by atoms with E-state index in [1.165, 1.54) is 30.3 Å². The third-order valence-corrected chi connectivity index (χ3v) is 6.71. The Balaban J connectivity index is 1.89. The first kappa shape index (κ1) is 25.8. The van der Waals surface area contributed by atoms with Crippen LogP contribution in [0, 0.1) is 12.7 Å². The highest BCUT2D eigenvalue weighted by Gasteiger charge is 2.49.